The van der Waals surface area contributed by atoms with Crippen LogP contribution in [0.1, 0.15) is 5.56 Å². The first-order valence-electron chi connectivity index (χ1n) is 6.06. The van der Waals surface area contributed by atoms with E-state index in [1.165, 1.54) is 36.0 Å². The van der Waals surface area contributed by atoms with Crippen LogP contribution >= 0.6 is 11.8 Å². The van der Waals surface area contributed by atoms with Gasteiger partial charge >= 0.3 is 0 Å². The van der Waals surface area contributed by atoms with Crippen molar-refractivity contribution in [3.8, 4) is 0 Å². The lowest BCUT2D eigenvalue weighted by Gasteiger charge is -2.05. The molecule has 0 unspecified atom stereocenters. The van der Waals surface area contributed by atoms with Gasteiger partial charge in [-0.15, -0.1) is 0 Å². The molecule has 0 aliphatic heterocycles. The van der Waals surface area contributed by atoms with Gasteiger partial charge in [-0.05, 0) is 18.2 Å². The molecule has 0 radical (unpaired) electrons. The summed E-state index contributed by atoms with van der Waals surface area (Å²) in [5.74, 6) is 0.284. The van der Waals surface area contributed by atoms with E-state index in [2.05, 4.69) is 9.97 Å². The van der Waals surface area contributed by atoms with Crippen LogP contribution in [0, 0.1) is 5.41 Å². The van der Waals surface area contributed by atoms with Crippen LogP contribution in [0.25, 0.3) is 0 Å². The van der Waals surface area contributed by atoms with Crippen molar-refractivity contribution in [2.45, 2.75) is 10.1 Å². The molecular formula is C13H14N4O2S2. The number of hydrogen-bond acceptors (Lipinski definition) is 6. The van der Waals surface area contributed by atoms with Gasteiger partial charge in [0.05, 0.1) is 10.6 Å². The van der Waals surface area contributed by atoms with Crippen LogP contribution < -0.4 is 5.73 Å². The number of hydrogen-bond donors (Lipinski definition) is 2. The van der Waals surface area contributed by atoms with Gasteiger partial charge in [0.2, 0.25) is 0 Å². The first kappa shape index (κ1) is 15.5. The maximum Gasteiger partial charge on any atom is 0.187 e. The molecule has 0 saturated carbocycles. The molecule has 21 heavy (non-hydrogen) atoms. The fraction of sp³-hybridized carbons (Fsp3) is 0.154. The van der Waals surface area contributed by atoms with Crippen LogP contribution in [0.5, 0.6) is 0 Å². The first-order chi connectivity index (χ1) is 9.99. The highest BCUT2D eigenvalue weighted by Gasteiger charge is 2.14. The number of nitrogen functional groups attached to an aromatic ring is 1. The van der Waals surface area contributed by atoms with E-state index in [1.54, 1.807) is 18.5 Å². The highest BCUT2D eigenvalue weighted by molar-refractivity contribution is 8.00. The van der Waals surface area contributed by atoms with Crippen molar-refractivity contribution in [3.63, 3.8) is 0 Å². The number of nitrogens with one attached hydrogen (secondary N) is 1. The molecular weight excluding hydrogens is 308 g/mol. The predicted molar refractivity (Wildman–Crippen MR) is 82.3 cm³/mol. The van der Waals surface area contributed by atoms with E-state index < -0.39 is 9.84 Å². The molecule has 3 N–H and O–H groups in total. The molecule has 0 bridgehead atoms. The molecule has 0 aliphatic rings. The zero-order chi connectivity index (χ0) is 15.3. The zero-order valence-corrected chi connectivity index (χ0v) is 12.7. The summed E-state index contributed by atoms with van der Waals surface area (Å²) in [5, 5.41) is 7.83. The Morgan fingerprint density at radius 1 is 1.19 bits per heavy atom. The highest BCUT2D eigenvalue weighted by atomic mass is 32.2. The summed E-state index contributed by atoms with van der Waals surface area (Å²) in [6.45, 7) is 0. The lowest BCUT2D eigenvalue weighted by Crippen LogP contribution is -2.12. The maximum absolute atomic E-state index is 12.2. The summed E-state index contributed by atoms with van der Waals surface area (Å²) < 4.78 is 24.3. The number of nitrogens with two attached hydrogens (primary N) is 1. The van der Waals surface area contributed by atoms with Gasteiger partial charge in [0.25, 0.3) is 0 Å². The third-order valence-corrected chi connectivity index (χ3v) is 5.52. The average Bonchev–Trinajstić information content (AvgIpc) is 2.48. The second-order valence-corrected chi connectivity index (χ2v) is 7.31. The van der Waals surface area contributed by atoms with Gasteiger partial charge in [-0.2, -0.15) is 0 Å². The second-order valence-electron chi connectivity index (χ2n) is 4.14. The summed E-state index contributed by atoms with van der Waals surface area (Å²) in [7, 11) is -3.36. The molecule has 1 aromatic heterocycles. The van der Waals surface area contributed by atoms with E-state index in [1.807, 2.05) is 0 Å². The van der Waals surface area contributed by atoms with E-state index in [-0.39, 0.29) is 16.5 Å². The van der Waals surface area contributed by atoms with E-state index in [0.717, 1.165) is 0 Å². The van der Waals surface area contributed by atoms with Crippen LogP contribution in [0.15, 0.2) is 52.8 Å². The minimum atomic E-state index is -3.36. The Hall–Kier alpha value is -1.93. The summed E-state index contributed by atoms with van der Waals surface area (Å²) >= 11 is 1.29. The summed E-state index contributed by atoms with van der Waals surface area (Å²) in [5.41, 5.74) is 5.84. The Balaban J connectivity index is 2.00. The van der Waals surface area contributed by atoms with Gasteiger partial charge in [-0.3, -0.25) is 5.41 Å². The van der Waals surface area contributed by atoms with Gasteiger partial charge < -0.3 is 5.73 Å². The SMILES string of the molecule is N=C(N)c1ccc(S(=O)(=O)CCSc2ncccn2)cc1. The van der Waals surface area contributed by atoms with Crippen LogP contribution in [0.2, 0.25) is 0 Å². The third kappa shape index (κ3) is 4.27. The van der Waals surface area contributed by atoms with Crippen molar-refractivity contribution >= 4 is 27.4 Å². The molecule has 0 saturated heterocycles. The van der Waals surface area contributed by atoms with Crippen LogP contribution in [0.3, 0.4) is 0 Å². The molecule has 2 aromatic rings. The predicted octanol–water partition coefficient (Wildman–Crippen LogP) is 1.33. The summed E-state index contributed by atoms with van der Waals surface area (Å²) in [6, 6.07) is 7.70. The van der Waals surface area contributed by atoms with Gasteiger partial charge in [0.1, 0.15) is 5.84 Å². The van der Waals surface area contributed by atoms with Crippen molar-refractivity contribution in [1.29, 1.82) is 5.41 Å². The molecule has 1 aromatic carbocycles. The Bertz CT molecular complexity index is 716. The molecule has 0 spiro atoms. The van der Waals surface area contributed by atoms with Crippen molar-refractivity contribution in [3.05, 3.63) is 48.3 Å². The fourth-order valence-corrected chi connectivity index (χ4v) is 4.01. The largest absolute Gasteiger partial charge is 0.384 e. The fourth-order valence-electron chi connectivity index (χ4n) is 1.56. The molecule has 0 amide bonds. The average molecular weight is 322 g/mol. The number of benzene rings is 1. The van der Waals surface area contributed by atoms with Crippen LogP contribution in [-0.2, 0) is 9.84 Å². The van der Waals surface area contributed by atoms with E-state index in [0.29, 0.717) is 16.5 Å². The second kappa shape index (κ2) is 6.68. The van der Waals surface area contributed by atoms with Gasteiger partial charge in [-0.25, -0.2) is 18.4 Å². The first-order valence-corrected chi connectivity index (χ1v) is 8.70. The highest BCUT2D eigenvalue weighted by Crippen LogP contribution is 2.16. The Morgan fingerprint density at radius 2 is 1.81 bits per heavy atom. The van der Waals surface area contributed by atoms with E-state index in [4.69, 9.17) is 11.1 Å². The Kier molecular flexibility index (Phi) is 4.92. The van der Waals surface area contributed by atoms with Crippen LogP contribution in [-0.4, -0.2) is 35.7 Å². The molecule has 2 rings (SSSR count). The lowest BCUT2D eigenvalue weighted by molar-refractivity contribution is 0.597. The standard InChI is InChI=1S/C13H14N4O2S2/c14-12(15)10-2-4-11(5-3-10)21(18,19)9-8-20-13-16-6-1-7-17-13/h1-7H,8-9H2,(H3,14,15). The van der Waals surface area contributed by atoms with Crippen molar-refractivity contribution in [2.75, 3.05) is 11.5 Å². The number of thioether (sulfide) groups is 1. The number of amidine groups is 1. The van der Waals surface area contributed by atoms with E-state index in [9.17, 15) is 8.42 Å². The minimum Gasteiger partial charge on any atom is -0.384 e. The summed E-state index contributed by atoms with van der Waals surface area (Å²) in [6.07, 6.45) is 3.23. The van der Waals surface area contributed by atoms with Gasteiger partial charge in [0.15, 0.2) is 15.0 Å². The number of rotatable bonds is 6. The molecule has 6 nitrogen and oxygen atoms in total. The minimum absolute atomic E-state index is 0.00462. The number of sulfone groups is 1. The van der Waals surface area contributed by atoms with Gasteiger partial charge in [-0.1, -0.05) is 23.9 Å². The van der Waals surface area contributed by atoms with Crippen molar-refractivity contribution in [2.24, 2.45) is 5.73 Å². The molecule has 1 heterocycles. The third-order valence-electron chi connectivity index (χ3n) is 2.65. The summed E-state index contributed by atoms with van der Waals surface area (Å²) in [4.78, 5) is 8.27. The van der Waals surface area contributed by atoms with Gasteiger partial charge in [0, 0.05) is 23.7 Å². The quantitative estimate of drug-likeness (QED) is 0.359. The monoisotopic (exact) mass is 322 g/mol. The topological polar surface area (TPSA) is 110 Å². The lowest BCUT2D eigenvalue weighted by atomic mass is 10.2. The number of nitrogens with zero attached hydrogens (tertiary/aromatic N) is 2. The van der Waals surface area contributed by atoms with Crippen molar-refractivity contribution in [1.82, 2.24) is 9.97 Å². The normalized spacial score (nSPS) is 11.2. The van der Waals surface area contributed by atoms with Crippen molar-refractivity contribution < 1.29 is 8.42 Å². The molecule has 0 atom stereocenters. The Morgan fingerprint density at radius 3 is 2.38 bits per heavy atom. The molecule has 110 valence electrons. The maximum atomic E-state index is 12.2. The zero-order valence-electron chi connectivity index (χ0n) is 11.1. The van der Waals surface area contributed by atoms with E-state index >= 15 is 0 Å². The number of aromatic nitrogens is 2. The van der Waals surface area contributed by atoms with Crippen LogP contribution in [0.4, 0.5) is 0 Å². The molecule has 0 aliphatic carbocycles. The molecule has 8 heteroatoms. The Labute approximate surface area is 127 Å². The molecule has 0 fully saturated rings. The smallest absolute Gasteiger partial charge is 0.187 e.